The highest BCUT2D eigenvalue weighted by atomic mass is 35.5. The first-order valence-electron chi connectivity index (χ1n) is 13.8. The number of benzene rings is 2. The summed E-state index contributed by atoms with van der Waals surface area (Å²) in [7, 11) is 5.54. The number of carbonyl (C=O) groups is 1. The van der Waals surface area contributed by atoms with Crippen LogP contribution in [0.5, 0.6) is 5.88 Å². The van der Waals surface area contributed by atoms with Crippen LogP contribution in [0.1, 0.15) is 27.6 Å². The zero-order valence-electron chi connectivity index (χ0n) is 23.7. The minimum atomic E-state index is -0.316. The number of nitrogens with zero attached hydrogens (tertiary/aromatic N) is 4. The number of hydrogen-bond donors (Lipinski definition) is 2. The van der Waals surface area contributed by atoms with Gasteiger partial charge < -0.3 is 29.6 Å². The molecule has 218 valence electrons. The van der Waals surface area contributed by atoms with E-state index < -0.39 is 0 Å². The van der Waals surface area contributed by atoms with Gasteiger partial charge in [-0.2, -0.15) is 0 Å². The summed E-state index contributed by atoms with van der Waals surface area (Å²) in [5, 5.41) is 7.28. The smallest absolute Gasteiger partial charge is 0.291 e. The van der Waals surface area contributed by atoms with Gasteiger partial charge in [0.15, 0.2) is 5.82 Å². The van der Waals surface area contributed by atoms with Crippen LogP contribution in [0.15, 0.2) is 48.5 Å². The molecule has 0 saturated carbocycles. The van der Waals surface area contributed by atoms with Crippen molar-refractivity contribution in [3.63, 3.8) is 0 Å². The average molecular weight is 608 g/mol. The first kappa shape index (κ1) is 28.6. The fourth-order valence-corrected chi connectivity index (χ4v) is 5.95. The molecule has 1 saturated heterocycles. The molecule has 9 nitrogen and oxygen atoms in total. The quantitative estimate of drug-likeness (QED) is 0.285. The summed E-state index contributed by atoms with van der Waals surface area (Å²) in [6.45, 7) is 3.71. The lowest BCUT2D eigenvalue weighted by atomic mass is 10.00. The van der Waals surface area contributed by atoms with E-state index in [0.29, 0.717) is 64.5 Å². The summed E-state index contributed by atoms with van der Waals surface area (Å²) in [6, 6.07) is 15.5. The lowest BCUT2D eigenvalue weighted by Crippen LogP contribution is -2.45. The molecule has 6 rings (SSSR count). The van der Waals surface area contributed by atoms with E-state index in [2.05, 4.69) is 27.6 Å². The second-order valence-electron chi connectivity index (χ2n) is 10.6. The van der Waals surface area contributed by atoms with E-state index >= 15 is 0 Å². The number of carbonyl (C=O) groups excluding carboxylic acids is 1. The molecule has 0 aliphatic carbocycles. The average Bonchev–Trinajstić information content (AvgIpc) is 3.29. The zero-order chi connectivity index (χ0) is 29.4. The van der Waals surface area contributed by atoms with Gasteiger partial charge in [0.2, 0.25) is 5.88 Å². The van der Waals surface area contributed by atoms with E-state index in [-0.39, 0.29) is 5.91 Å². The van der Waals surface area contributed by atoms with Gasteiger partial charge in [-0.3, -0.25) is 4.79 Å². The van der Waals surface area contributed by atoms with Crippen molar-refractivity contribution in [1.29, 1.82) is 0 Å². The van der Waals surface area contributed by atoms with Crippen LogP contribution >= 0.6 is 23.2 Å². The molecule has 0 spiro atoms. The lowest BCUT2D eigenvalue weighted by Gasteiger charge is -2.27. The van der Waals surface area contributed by atoms with Gasteiger partial charge in [-0.05, 0) is 19.2 Å². The van der Waals surface area contributed by atoms with Crippen molar-refractivity contribution in [2.45, 2.75) is 25.6 Å². The van der Waals surface area contributed by atoms with Crippen LogP contribution < -0.4 is 15.4 Å². The summed E-state index contributed by atoms with van der Waals surface area (Å²) in [5.41, 5.74) is 6.29. The summed E-state index contributed by atoms with van der Waals surface area (Å²) in [6.07, 6.45) is 0.851. The Kier molecular flexibility index (Phi) is 8.20. The molecular formula is C31H32Cl2N6O3. The van der Waals surface area contributed by atoms with Crippen LogP contribution in [-0.2, 0) is 31.3 Å². The Morgan fingerprint density at radius 1 is 1.02 bits per heavy atom. The Labute approximate surface area is 254 Å². The molecule has 0 unspecified atom stereocenters. The molecule has 2 aliphatic heterocycles. The maximum Gasteiger partial charge on any atom is 0.291 e. The van der Waals surface area contributed by atoms with Crippen molar-refractivity contribution >= 4 is 34.8 Å². The molecule has 0 bridgehead atoms. The fourth-order valence-electron chi connectivity index (χ4n) is 5.35. The van der Waals surface area contributed by atoms with Gasteiger partial charge in [-0.15, -0.1) is 0 Å². The molecule has 2 aliphatic rings. The highest BCUT2D eigenvalue weighted by molar-refractivity contribution is 6.39. The Hall–Kier alpha value is -3.47. The third-order valence-corrected chi connectivity index (χ3v) is 8.63. The van der Waals surface area contributed by atoms with Gasteiger partial charge in [0.1, 0.15) is 0 Å². The van der Waals surface area contributed by atoms with E-state index in [1.165, 1.54) is 0 Å². The number of nitrogens with one attached hydrogen (secondary N) is 2. The number of rotatable bonds is 8. The second kappa shape index (κ2) is 12.0. The number of amides is 1. The molecule has 2 N–H and O–H groups in total. The largest absolute Gasteiger partial charge is 0.481 e. The van der Waals surface area contributed by atoms with Gasteiger partial charge in [0.25, 0.3) is 5.91 Å². The van der Waals surface area contributed by atoms with Crippen LogP contribution in [0, 0.1) is 0 Å². The third kappa shape index (κ3) is 5.50. The van der Waals surface area contributed by atoms with Crippen LogP contribution in [0.4, 0.5) is 5.69 Å². The summed E-state index contributed by atoms with van der Waals surface area (Å²) < 4.78 is 12.7. The SMILES string of the molecule is COc1nc(-c2cccc(-c3cccc(NC(=O)c4nc5c(n4C)CCN(C)C5)c3Cl)c2Cl)ccc1CNC1COC1. The Balaban J connectivity index is 1.27. The van der Waals surface area contributed by atoms with Crippen molar-refractivity contribution in [3.8, 4) is 28.3 Å². The maximum atomic E-state index is 13.3. The molecule has 2 aromatic heterocycles. The Bertz CT molecular complexity index is 1650. The van der Waals surface area contributed by atoms with Crippen molar-refractivity contribution < 1.29 is 14.3 Å². The van der Waals surface area contributed by atoms with Crippen LogP contribution in [0.25, 0.3) is 22.4 Å². The number of methoxy groups -OCH3 is 1. The number of likely N-dealkylation sites (N-methyl/N-ethyl adjacent to an activating group) is 1. The molecular weight excluding hydrogens is 575 g/mol. The molecule has 1 fully saturated rings. The van der Waals surface area contributed by atoms with Crippen molar-refractivity contribution in [1.82, 2.24) is 24.8 Å². The molecule has 42 heavy (non-hydrogen) atoms. The highest BCUT2D eigenvalue weighted by Crippen LogP contribution is 2.41. The Morgan fingerprint density at radius 2 is 1.76 bits per heavy atom. The predicted molar refractivity (Wildman–Crippen MR) is 164 cm³/mol. The number of ether oxygens (including phenoxy) is 2. The molecule has 2 aromatic carbocycles. The third-order valence-electron chi connectivity index (χ3n) is 7.81. The van der Waals surface area contributed by atoms with E-state index in [1.54, 1.807) is 13.2 Å². The number of halogens is 2. The summed E-state index contributed by atoms with van der Waals surface area (Å²) in [4.78, 5) is 24.9. The minimum Gasteiger partial charge on any atom is -0.481 e. The number of fused-ring (bicyclic) bond motifs is 1. The van der Waals surface area contributed by atoms with Crippen LogP contribution in [0.2, 0.25) is 10.0 Å². The van der Waals surface area contributed by atoms with Gasteiger partial charge in [0.05, 0.1) is 53.5 Å². The number of pyridine rings is 1. The molecule has 11 heteroatoms. The topological polar surface area (TPSA) is 93.5 Å². The van der Waals surface area contributed by atoms with Gasteiger partial charge >= 0.3 is 0 Å². The maximum absolute atomic E-state index is 13.3. The second-order valence-corrected chi connectivity index (χ2v) is 11.4. The first-order chi connectivity index (χ1) is 20.3. The normalized spacial score (nSPS) is 15.3. The van der Waals surface area contributed by atoms with Gasteiger partial charge in [0, 0.05) is 61.1 Å². The lowest BCUT2D eigenvalue weighted by molar-refractivity contribution is -0.00586. The van der Waals surface area contributed by atoms with E-state index in [1.807, 2.05) is 54.1 Å². The molecule has 4 aromatic rings. The fraction of sp³-hybridized carbons (Fsp3) is 0.323. The van der Waals surface area contributed by atoms with Crippen LogP contribution in [0.3, 0.4) is 0 Å². The van der Waals surface area contributed by atoms with Crippen molar-refractivity contribution in [3.05, 3.63) is 81.4 Å². The predicted octanol–water partition coefficient (Wildman–Crippen LogP) is 5.19. The number of aromatic nitrogens is 3. The summed E-state index contributed by atoms with van der Waals surface area (Å²) >= 11 is 13.9. The van der Waals surface area contributed by atoms with E-state index in [4.69, 9.17) is 37.7 Å². The monoisotopic (exact) mass is 606 g/mol. The minimum absolute atomic E-state index is 0.316. The highest BCUT2D eigenvalue weighted by Gasteiger charge is 2.25. The number of hydrogen-bond acceptors (Lipinski definition) is 7. The number of imidazole rings is 1. The van der Waals surface area contributed by atoms with Crippen molar-refractivity contribution in [2.24, 2.45) is 7.05 Å². The van der Waals surface area contributed by atoms with E-state index in [0.717, 1.165) is 47.6 Å². The summed E-state index contributed by atoms with van der Waals surface area (Å²) in [5.74, 6) is 0.577. The Morgan fingerprint density at radius 3 is 2.50 bits per heavy atom. The van der Waals surface area contributed by atoms with Gasteiger partial charge in [-0.25, -0.2) is 9.97 Å². The number of anilines is 1. The van der Waals surface area contributed by atoms with Crippen LogP contribution in [-0.4, -0.2) is 65.3 Å². The molecule has 4 heterocycles. The van der Waals surface area contributed by atoms with Gasteiger partial charge in [-0.1, -0.05) is 59.6 Å². The molecule has 1 amide bonds. The first-order valence-corrected chi connectivity index (χ1v) is 14.6. The van der Waals surface area contributed by atoms with Crippen molar-refractivity contribution in [2.75, 3.05) is 39.2 Å². The zero-order valence-corrected chi connectivity index (χ0v) is 25.2. The standard InChI is InChI=1S/C31H32Cl2N6O3/c1-38-13-12-26-25(15-38)35-29(39(26)2)30(40)36-24-9-5-7-21(28(24)33)20-6-4-8-22(27(20)32)23-11-10-18(31(37-23)41-3)14-34-19-16-42-17-19/h4-11,19,34H,12-17H2,1-3H3,(H,36,40). The molecule has 0 atom stereocenters. The molecule has 0 radical (unpaired) electrons. The van der Waals surface area contributed by atoms with E-state index in [9.17, 15) is 4.79 Å².